The first-order chi connectivity index (χ1) is 10.1. The molecule has 2 amide bonds. The Morgan fingerprint density at radius 3 is 2.90 bits per heavy atom. The van der Waals surface area contributed by atoms with Gasteiger partial charge in [-0.05, 0) is 6.54 Å². The lowest BCUT2D eigenvalue weighted by Crippen LogP contribution is -2.50. The Balaban J connectivity index is 2.39. The van der Waals surface area contributed by atoms with Gasteiger partial charge in [-0.3, -0.25) is 9.69 Å². The summed E-state index contributed by atoms with van der Waals surface area (Å²) in [5, 5.41) is 11.5. The number of carbonyl (C=O) groups excluding carboxylic acids is 1. The number of ether oxygens (including phenoxy) is 2. The number of aliphatic carboxylic acids is 1. The molecule has 8 nitrogen and oxygen atoms in total. The van der Waals surface area contributed by atoms with Crippen LogP contribution >= 0.6 is 0 Å². The van der Waals surface area contributed by atoms with E-state index in [2.05, 4.69) is 17.1 Å². The van der Waals surface area contributed by atoms with Crippen molar-refractivity contribution in [1.29, 1.82) is 0 Å². The van der Waals surface area contributed by atoms with Crippen molar-refractivity contribution in [2.24, 2.45) is 0 Å². The van der Waals surface area contributed by atoms with E-state index < -0.39 is 12.0 Å². The maximum absolute atomic E-state index is 12.0. The summed E-state index contributed by atoms with van der Waals surface area (Å²) in [4.78, 5) is 26.2. The molecular weight excluding hydrogens is 278 g/mol. The highest BCUT2D eigenvalue weighted by molar-refractivity contribution is 5.80. The number of carboxylic acids is 1. The number of urea groups is 1. The van der Waals surface area contributed by atoms with Crippen molar-refractivity contribution in [3.8, 4) is 0 Å². The number of nitrogens with zero attached hydrogens (tertiary/aromatic N) is 2. The van der Waals surface area contributed by atoms with Gasteiger partial charge in [-0.1, -0.05) is 6.92 Å². The summed E-state index contributed by atoms with van der Waals surface area (Å²) in [6.07, 6.45) is -0.0586. The minimum Gasteiger partial charge on any atom is -0.480 e. The number of nitrogens with one attached hydrogen (secondary N) is 1. The van der Waals surface area contributed by atoms with Gasteiger partial charge in [0.2, 0.25) is 0 Å². The molecular formula is C13H25N3O5. The smallest absolute Gasteiger partial charge is 0.323 e. The van der Waals surface area contributed by atoms with E-state index in [-0.39, 0.29) is 19.2 Å². The van der Waals surface area contributed by atoms with Crippen LogP contribution in [0.2, 0.25) is 0 Å². The van der Waals surface area contributed by atoms with Crippen LogP contribution < -0.4 is 5.32 Å². The molecule has 0 spiro atoms. The standard InChI is InChI=1S/C13H25N3O5/c1-3-15-4-7-21-11(9-15)8-14-13(19)16(5-6-20-2)10-12(17)18/h11H,3-10H2,1-2H3,(H,14,19)(H,17,18). The number of amides is 2. The molecule has 0 saturated carbocycles. The predicted molar refractivity (Wildman–Crippen MR) is 76.3 cm³/mol. The summed E-state index contributed by atoms with van der Waals surface area (Å²) >= 11 is 0. The number of hydrogen-bond acceptors (Lipinski definition) is 5. The minimum absolute atomic E-state index is 0.0586. The molecule has 0 aromatic rings. The van der Waals surface area contributed by atoms with E-state index >= 15 is 0 Å². The first kappa shape index (κ1) is 17.7. The quantitative estimate of drug-likeness (QED) is 0.625. The molecule has 122 valence electrons. The van der Waals surface area contributed by atoms with Crippen molar-refractivity contribution < 1.29 is 24.2 Å². The van der Waals surface area contributed by atoms with Gasteiger partial charge in [0.1, 0.15) is 6.54 Å². The molecule has 1 heterocycles. The van der Waals surface area contributed by atoms with E-state index in [1.54, 1.807) is 0 Å². The number of morpholine rings is 1. The zero-order chi connectivity index (χ0) is 15.7. The second-order valence-corrected chi connectivity index (χ2v) is 4.88. The summed E-state index contributed by atoms with van der Waals surface area (Å²) in [6.45, 7) is 5.92. The first-order valence-electron chi connectivity index (χ1n) is 7.14. The van der Waals surface area contributed by atoms with Crippen LogP contribution in [0.25, 0.3) is 0 Å². The topological polar surface area (TPSA) is 91.3 Å². The highest BCUT2D eigenvalue weighted by Crippen LogP contribution is 2.04. The molecule has 21 heavy (non-hydrogen) atoms. The molecule has 0 bridgehead atoms. The molecule has 0 aliphatic carbocycles. The van der Waals surface area contributed by atoms with E-state index in [1.807, 2.05) is 0 Å². The van der Waals surface area contributed by atoms with Gasteiger partial charge in [0.25, 0.3) is 0 Å². The van der Waals surface area contributed by atoms with Crippen LogP contribution in [0.3, 0.4) is 0 Å². The van der Waals surface area contributed by atoms with Crippen molar-refractivity contribution in [2.45, 2.75) is 13.0 Å². The molecule has 0 aromatic carbocycles. The number of carbonyl (C=O) groups is 2. The number of carboxylic acid groups (broad SMARTS) is 1. The van der Waals surface area contributed by atoms with E-state index in [0.717, 1.165) is 19.6 Å². The van der Waals surface area contributed by atoms with E-state index in [4.69, 9.17) is 14.6 Å². The van der Waals surface area contributed by atoms with Crippen LogP contribution in [0.15, 0.2) is 0 Å². The normalized spacial score (nSPS) is 19.2. The van der Waals surface area contributed by atoms with Gasteiger partial charge in [-0.2, -0.15) is 0 Å². The zero-order valence-corrected chi connectivity index (χ0v) is 12.7. The van der Waals surface area contributed by atoms with Crippen LogP contribution in [-0.4, -0.2) is 92.6 Å². The van der Waals surface area contributed by atoms with Gasteiger partial charge >= 0.3 is 12.0 Å². The average Bonchev–Trinajstić information content (AvgIpc) is 2.48. The van der Waals surface area contributed by atoms with Crippen LogP contribution in [-0.2, 0) is 14.3 Å². The highest BCUT2D eigenvalue weighted by atomic mass is 16.5. The van der Waals surface area contributed by atoms with Gasteiger partial charge in [0.05, 0.1) is 19.3 Å². The van der Waals surface area contributed by atoms with Gasteiger partial charge in [-0.25, -0.2) is 4.79 Å². The molecule has 1 aliphatic heterocycles. The number of likely N-dealkylation sites (N-methyl/N-ethyl adjacent to an activating group) is 1. The maximum atomic E-state index is 12.0. The van der Waals surface area contributed by atoms with E-state index in [9.17, 15) is 9.59 Å². The Bertz CT molecular complexity index is 340. The monoisotopic (exact) mass is 303 g/mol. The lowest BCUT2D eigenvalue weighted by Gasteiger charge is -2.32. The highest BCUT2D eigenvalue weighted by Gasteiger charge is 2.22. The predicted octanol–water partition coefficient (Wildman–Crippen LogP) is -0.550. The van der Waals surface area contributed by atoms with Gasteiger partial charge in [-0.15, -0.1) is 0 Å². The molecule has 1 atom stereocenters. The zero-order valence-electron chi connectivity index (χ0n) is 12.7. The maximum Gasteiger partial charge on any atom is 0.323 e. The molecule has 1 saturated heterocycles. The van der Waals surface area contributed by atoms with Crippen molar-refractivity contribution in [2.75, 3.05) is 59.6 Å². The van der Waals surface area contributed by atoms with Crippen LogP contribution in [0, 0.1) is 0 Å². The molecule has 1 rings (SSSR count). The first-order valence-corrected chi connectivity index (χ1v) is 7.14. The molecule has 0 radical (unpaired) electrons. The van der Waals surface area contributed by atoms with Crippen LogP contribution in [0.4, 0.5) is 4.79 Å². The van der Waals surface area contributed by atoms with Gasteiger partial charge < -0.3 is 24.8 Å². The fraction of sp³-hybridized carbons (Fsp3) is 0.846. The Labute approximate surface area is 125 Å². The van der Waals surface area contributed by atoms with Crippen molar-refractivity contribution in [3.05, 3.63) is 0 Å². The van der Waals surface area contributed by atoms with E-state index in [0.29, 0.717) is 19.8 Å². The largest absolute Gasteiger partial charge is 0.480 e. The summed E-state index contributed by atoms with van der Waals surface area (Å²) in [7, 11) is 1.51. The third-order valence-corrected chi connectivity index (χ3v) is 3.33. The SMILES string of the molecule is CCN1CCOC(CNC(=O)N(CCOC)CC(=O)O)C1. The van der Waals surface area contributed by atoms with Gasteiger partial charge in [0, 0.05) is 33.3 Å². The molecule has 8 heteroatoms. The summed E-state index contributed by atoms with van der Waals surface area (Å²) in [5.74, 6) is -1.05. The number of methoxy groups -OCH3 is 1. The third kappa shape index (κ3) is 6.74. The minimum atomic E-state index is -1.05. The summed E-state index contributed by atoms with van der Waals surface area (Å²) in [6, 6.07) is -0.410. The summed E-state index contributed by atoms with van der Waals surface area (Å²) < 4.78 is 10.5. The Kier molecular flexibility index (Phi) is 8.03. The molecule has 1 aliphatic rings. The molecule has 1 fully saturated rings. The lowest BCUT2D eigenvalue weighted by atomic mass is 10.2. The fourth-order valence-corrected chi connectivity index (χ4v) is 2.12. The Morgan fingerprint density at radius 2 is 2.29 bits per heavy atom. The second-order valence-electron chi connectivity index (χ2n) is 4.88. The van der Waals surface area contributed by atoms with Crippen molar-refractivity contribution in [3.63, 3.8) is 0 Å². The summed E-state index contributed by atoms with van der Waals surface area (Å²) in [5.41, 5.74) is 0. The van der Waals surface area contributed by atoms with Crippen LogP contribution in [0.1, 0.15) is 6.92 Å². The van der Waals surface area contributed by atoms with E-state index in [1.165, 1.54) is 12.0 Å². The fourth-order valence-electron chi connectivity index (χ4n) is 2.12. The molecule has 0 aromatic heterocycles. The average molecular weight is 303 g/mol. The third-order valence-electron chi connectivity index (χ3n) is 3.33. The molecule has 2 N–H and O–H groups in total. The molecule has 1 unspecified atom stereocenters. The van der Waals surface area contributed by atoms with Crippen molar-refractivity contribution >= 4 is 12.0 Å². The lowest BCUT2D eigenvalue weighted by molar-refractivity contribution is -0.137. The number of hydrogen-bond donors (Lipinski definition) is 2. The van der Waals surface area contributed by atoms with Crippen molar-refractivity contribution in [1.82, 2.24) is 15.1 Å². The Morgan fingerprint density at radius 1 is 1.52 bits per heavy atom. The van der Waals surface area contributed by atoms with Crippen LogP contribution in [0.5, 0.6) is 0 Å². The van der Waals surface area contributed by atoms with Gasteiger partial charge in [0.15, 0.2) is 0 Å². The number of rotatable bonds is 8. The Hall–Kier alpha value is -1.38. The second kappa shape index (κ2) is 9.54.